The molecule has 0 aliphatic heterocycles. The van der Waals surface area contributed by atoms with Gasteiger partial charge in [-0.1, -0.05) is 33.2 Å². The van der Waals surface area contributed by atoms with Crippen molar-refractivity contribution in [2.45, 2.75) is 39.3 Å². The summed E-state index contributed by atoms with van der Waals surface area (Å²) in [5, 5.41) is 7.32. The van der Waals surface area contributed by atoms with Crippen molar-refractivity contribution in [2.75, 3.05) is 0 Å². The van der Waals surface area contributed by atoms with Crippen LogP contribution in [0.25, 0.3) is 0 Å². The molecule has 19 heavy (non-hydrogen) atoms. The Labute approximate surface area is 121 Å². The van der Waals surface area contributed by atoms with Crippen LogP contribution >= 0.6 is 15.9 Å². The van der Waals surface area contributed by atoms with E-state index in [2.05, 4.69) is 52.2 Å². The molecule has 1 aromatic carbocycles. The number of halogens is 1. The number of hydrogen-bond donors (Lipinski definition) is 1. The predicted octanol–water partition coefficient (Wildman–Crippen LogP) is 3.31. The van der Waals surface area contributed by atoms with Gasteiger partial charge in [-0.3, -0.25) is 0 Å². The van der Waals surface area contributed by atoms with Crippen molar-refractivity contribution < 1.29 is 4.52 Å². The van der Waals surface area contributed by atoms with Gasteiger partial charge in [-0.2, -0.15) is 4.98 Å². The molecule has 5 heteroatoms. The Kier molecular flexibility index (Phi) is 4.37. The molecule has 1 aromatic heterocycles. The zero-order valence-corrected chi connectivity index (χ0v) is 13.0. The molecule has 1 N–H and O–H groups in total. The van der Waals surface area contributed by atoms with Gasteiger partial charge in [0, 0.05) is 16.4 Å². The molecule has 0 unspecified atom stereocenters. The van der Waals surface area contributed by atoms with Gasteiger partial charge in [-0.15, -0.1) is 0 Å². The van der Waals surface area contributed by atoms with E-state index in [1.807, 2.05) is 24.3 Å². The van der Waals surface area contributed by atoms with Crippen molar-refractivity contribution in [3.05, 3.63) is 46.0 Å². The molecule has 0 saturated heterocycles. The van der Waals surface area contributed by atoms with Gasteiger partial charge in [-0.05, 0) is 38.5 Å². The lowest BCUT2D eigenvalue weighted by atomic mass is 10.1. The van der Waals surface area contributed by atoms with Crippen LogP contribution < -0.4 is 5.32 Å². The fraction of sp³-hybridized carbons (Fsp3) is 0.429. The summed E-state index contributed by atoms with van der Waals surface area (Å²) >= 11 is 3.42. The molecule has 102 valence electrons. The molecule has 0 bridgehead atoms. The highest BCUT2D eigenvalue weighted by Gasteiger charge is 2.12. The van der Waals surface area contributed by atoms with Crippen molar-refractivity contribution in [3.8, 4) is 0 Å². The average Bonchev–Trinajstić information content (AvgIpc) is 2.77. The molecular formula is C14H18BrN3O. The van der Waals surface area contributed by atoms with Crippen LogP contribution in [0.4, 0.5) is 0 Å². The second-order valence-electron chi connectivity index (χ2n) is 5.51. The minimum atomic E-state index is 0.0420. The van der Waals surface area contributed by atoms with Gasteiger partial charge in [0.25, 0.3) is 0 Å². The van der Waals surface area contributed by atoms with Crippen LogP contribution in [0.1, 0.15) is 38.0 Å². The van der Waals surface area contributed by atoms with Crippen LogP contribution in [0.2, 0.25) is 0 Å². The molecule has 0 aliphatic carbocycles. The molecule has 0 spiro atoms. The van der Waals surface area contributed by atoms with E-state index in [-0.39, 0.29) is 5.54 Å². The van der Waals surface area contributed by atoms with Gasteiger partial charge in [0.2, 0.25) is 5.89 Å². The highest BCUT2D eigenvalue weighted by atomic mass is 79.9. The summed E-state index contributed by atoms with van der Waals surface area (Å²) in [6.45, 7) is 6.90. The van der Waals surface area contributed by atoms with Crippen LogP contribution in [0.3, 0.4) is 0 Å². The minimum absolute atomic E-state index is 0.0420. The number of aromatic nitrogens is 2. The number of rotatable bonds is 4. The Hall–Kier alpha value is -1.20. The predicted molar refractivity (Wildman–Crippen MR) is 77.8 cm³/mol. The number of benzene rings is 1. The van der Waals surface area contributed by atoms with Gasteiger partial charge in [0.15, 0.2) is 5.82 Å². The van der Waals surface area contributed by atoms with Gasteiger partial charge in [0.05, 0.1) is 6.54 Å². The van der Waals surface area contributed by atoms with Crippen LogP contribution in [-0.4, -0.2) is 15.7 Å². The highest BCUT2D eigenvalue weighted by molar-refractivity contribution is 9.10. The van der Waals surface area contributed by atoms with Crippen molar-refractivity contribution in [3.63, 3.8) is 0 Å². The summed E-state index contributed by atoms with van der Waals surface area (Å²) < 4.78 is 6.29. The fourth-order valence-corrected chi connectivity index (χ4v) is 1.82. The van der Waals surface area contributed by atoms with Crippen LogP contribution in [-0.2, 0) is 13.0 Å². The standard InChI is InChI=1S/C14H18BrN3O/c1-14(2,3)16-9-13-17-12(18-19-13)8-10-4-6-11(15)7-5-10/h4-7,16H,8-9H2,1-3H3. The first-order valence-corrected chi connectivity index (χ1v) is 7.03. The fourth-order valence-electron chi connectivity index (χ4n) is 1.56. The first-order chi connectivity index (χ1) is 8.92. The summed E-state index contributed by atoms with van der Waals surface area (Å²) in [5.74, 6) is 1.34. The zero-order valence-electron chi connectivity index (χ0n) is 11.4. The molecule has 0 atom stereocenters. The van der Waals surface area contributed by atoms with E-state index >= 15 is 0 Å². The Morgan fingerprint density at radius 1 is 1.21 bits per heavy atom. The third-order valence-electron chi connectivity index (χ3n) is 2.56. The van der Waals surface area contributed by atoms with Gasteiger partial charge in [0.1, 0.15) is 0 Å². The van der Waals surface area contributed by atoms with E-state index in [1.165, 1.54) is 5.56 Å². The quantitative estimate of drug-likeness (QED) is 0.937. The van der Waals surface area contributed by atoms with Gasteiger partial charge < -0.3 is 9.84 Å². The van der Waals surface area contributed by atoms with Gasteiger partial charge in [-0.25, -0.2) is 0 Å². The largest absolute Gasteiger partial charge is 0.338 e. The lowest BCUT2D eigenvalue weighted by molar-refractivity contribution is 0.334. The number of nitrogens with zero attached hydrogens (tertiary/aromatic N) is 2. The topological polar surface area (TPSA) is 51.0 Å². The average molecular weight is 324 g/mol. The molecule has 1 heterocycles. The molecule has 2 rings (SSSR count). The number of nitrogens with one attached hydrogen (secondary N) is 1. The van der Waals surface area contributed by atoms with E-state index in [9.17, 15) is 0 Å². The molecule has 2 aromatic rings. The van der Waals surface area contributed by atoms with Crippen molar-refractivity contribution in [1.29, 1.82) is 0 Å². The Bertz CT molecular complexity index is 528. The van der Waals surface area contributed by atoms with Crippen LogP contribution in [0, 0.1) is 0 Å². The van der Waals surface area contributed by atoms with E-state index in [4.69, 9.17) is 4.52 Å². The second-order valence-corrected chi connectivity index (χ2v) is 6.43. The lowest BCUT2D eigenvalue weighted by Crippen LogP contribution is -2.35. The van der Waals surface area contributed by atoms with E-state index in [1.54, 1.807) is 0 Å². The summed E-state index contributed by atoms with van der Waals surface area (Å²) in [7, 11) is 0. The molecular weight excluding hydrogens is 306 g/mol. The molecule has 0 saturated carbocycles. The summed E-state index contributed by atoms with van der Waals surface area (Å²) in [5.41, 5.74) is 1.21. The van der Waals surface area contributed by atoms with E-state index < -0.39 is 0 Å². The van der Waals surface area contributed by atoms with E-state index in [0.29, 0.717) is 24.7 Å². The Balaban J connectivity index is 1.95. The minimum Gasteiger partial charge on any atom is -0.338 e. The summed E-state index contributed by atoms with van der Waals surface area (Å²) in [6.07, 6.45) is 0.687. The smallest absolute Gasteiger partial charge is 0.240 e. The van der Waals surface area contributed by atoms with Crippen molar-refractivity contribution >= 4 is 15.9 Å². The second kappa shape index (κ2) is 5.84. The summed E-state index contributed by atoms with van der Waals surface area (Å²) in [4.78, 5) is 4.38. The molecule has 0 radical (unpaired) electrons. The SMILES string of the molecule is CC(C)(C)NCc1nc(Cc2ccc(Br)cc2)no1. The van der Waals surface area contributed by atoms with Crippen LogP contribution in [0.5, 0.6) is 0 Å². The molecule has 0 amide bonds. The molecule has 0 aliphatic rings. The van der Waals surface area contributed by atoms with Crippen LogP contribution in [0.15, 0.2) is 33.3 Å². The first kappa shape index (κ1) is 14.2. The van der Waals surface area contributed by atoms with Crippen molar-refractivity contribution in [2.24, 2.45) is 0 Å². The Morgan fingerprint density at radius 3 is 2.53 bits per heavy atom. The van der Waals surface area contributed by atoms with Crippen molar-refractivity contribution in [1.82, 2.24) is 15.5 Å². The third kappa shape index (κ3) is 4.76. The Morgan fingerprint density at radius 2 is 1.89 bits per heavy atom. The third-order valence-corrected chi connectivity index (χ3v) is 3.08. The summed E-state index contributed by atoms with van der Waals surface area (Å²) in [6, 6.07) is 8.12. The highest BCUT2D eigenvalue weighted by Crippen LogP contribution is 2.13. The van der Waals surface area contributed by atoms with E-state index in [0.717, 1.165) is 4.47 Å². The maximum absolute atomic E-state index is 5.22. The first-order valence-electron chi connectivity index (χ1n) is 6.23. The maximum Gasteiger partial charge on any atom is 0.240 e. The van der Waals surface area contributed by atoms with Gasteiger partial charge >= 0.3 is 0 Å². The normalized spacial score (nSPS) is 11.8. The maximum atomic E-state index is 5.22. The molecule has 0 fully saturated rings. The lowest BCUT2D eigenvalue weighted by Gasteiger charge is -2.18. The zero-order chi connectivity index (χ0) is 13.9. The molecule has 4 nitrogen and oxygen atoms in total. The number of hydrogen-bond acceptors (Lipinski definition) is 4. The monoisotopic (exact) mass is 323 g/mol.